The zero-order valence-electron chi connectivity index (χ0n) is 17.2. The zero-order chi connectivity index (χ0) is 22.4. The minimum absolute atomic E-state index is 0.0453. The number of aromatic nitrogens is 3. The van der Waals surface area contributed by atoms with E-state index in [-0.39, 0.29) is 27.1 Å². The number of alkyl halides is 3. The lowest BCUT2D eigenvalue weighted by Gasteiger charge is -2.42. The quantitative estimate of drug-likeness (QED) is 0.735. The van der Waals surface area contributed by atoms with Crippen molar-refractivity contribution in [3.8, 4) is 0 Å². The summed E-state index contributed by atoms with van der Waals surface area (Å²) < 4.78 is 41.2. The van der Waals surface area contributed by atoms with Crippen molar-refractivity contribution < 1.29 is 13.2 Å². The van der Waals surface area contributed by atoms with Crippen LogP contribution in [0, 0.1) is 5.41 Å². The Bertz CT molecular complexity index is 1030. The van der Waals surface area contributed by atoms with Crippen LogP contribution >= 0.6 is 11.8 Å². The molecule has 1 saturated heterocycles. The van der Waals surface area contributed by atoms with Gasteiger partial charge in [0.25, 0.3) is 5.56 Å². The van der Waals surface area contributed by atoms with Gasteiger partial charge in [-0.2, -0.15) is 18.2 Å². The van der Waals surface area contributed by atoms with Gasteiger partial charge in [-0.05, 0) is 43.2 Å². The minimum Gasteiger partial charge on any atom is -0.382 e. The van der Waals surface area contributed by atoms with Crippen LogP contribution in [0.4, 0.5) is 24.9 Å². The summed E-state index contributed by atoms with van der Waals surface area (Å²) in [6.07, 6.45) is 1.58. The molecule has 0 aromatic carbocycles. The van der Waals surface area contributed by atoms with E-state index in [2.05, 4.69) is 9.97 Å². The van der Waals surface area contributed by atoms with Crippen molar-refractivity contribution in [3.63, 3.8) is 0 Å². The Morgan fingerprint density at radius 1 is 1.26 bits per heavy atom. The Balaban J connectivity index is 1.61. The third kappa shape index (κ3) is 4.00. The smallest absolute Gasteiger partial charge is 0.382 e. The van der Waals surface area contributed by atoms with E-state index < -0.39 is 17.4 Å². The molecule has 0 bridgehead atoms. The molecular formula is C20H25F3N6OS. The summed E-state index contributed by atoms with van der Waals surface area (Å²) >= 11 is 0.641. The number of pyridine rings is 1. The van der Waals surface area contributed by atoms with Crippen LogP contribution in [0.3, 0.4) is 0 Å². The summed E-state index contributed by atoms with van der Waals surface area (Å²) in [6, 6.07) is 2.86. The van der Waals surface area contributed by atoms with Crippen LogP contribution in [-0.2, 0) is 13.2 Å². The minimum atomic E-state index is -4.64. The molecule has 1 aliphatic carbocycles. The first-order valence-corrected chi connectivity index (χ1v) is 11.0. The fourth-order valence-electron chi connectivity index (χ4n) is 4.70. The van der Waals surface area contributed by atoms with E-state index in [9.17, 15) is 18.0 Å². The van der Waals surface area contributed by atoms with E-state index in [0.717, 1.165) is 38.3 Å². The van der Waals surface area contributed by atoms with E-state index in [1.165, 1.54) is 16.7 Å². The average molecular weight is 455 g/mol. The monoisotopic (exact) mass is 454 g/mol. The first kappa shape index (κ1) is 21.9. The molecule has 2 aliphatic rings. The lowest BCUT2D eigenvalue weighted by Crippen LogP contribution is -2.48. The topological polar surface area (TPSA) is 103 Å². The van der Waals surface area contributed by atoms with Gasteiger partial charge in [0.1, 0.15) is 10.7 Å². The molecule has 2 aromatic heterocycles. The standard InChI is InChI=1S/C20H25F3N6OS/c1-28-17(30)14(31-12-4-3-9-26-15(12)20(21,22)23)16(25)27-18(28)29-10-7-19(8-11-29)6-2-5-13(19)24/h3-4,9,13H,2,5-8,10-11,24-25H2,1H3/t13-/m1/s1. The molecule has 0 amide bonds. The molecule has 3 heterocycles. The van der Waals surface area contributed by atoms with Crippen LogP contribution in [0.15, 0.2) is 32.9 Å². The summed E-state index contributed by atoms with van der Waals surface area (Å²) in [5.41, 5.74) is 11.0. The molecular weight excluding hydrogens is 429 g/mol. The van der Waals surface area contributed by atoms with Crippen molar-refractivity contribution in [1.82, 2.24) is 14.5 Å². The molecule has 7 nitrogen and oxygen atoms in total. The molecule has 0 radical (unpaired) electrons. The third-order valence-electron chi connectivity index (χ3n) is 6.52. The molecule has 4 rings (SSSR count). The van der Waals surface area contributed by atoms with E-state index >= 15 is 0 Å². The van der Waals surface area contributed by atoms with Crippen LogP contribution in [0.5, 0.6) is 0 Å². The van der Waals surface area contributed by atoms with E-state index in [4.69, 9.17) is 11.5 Å². The number of hydrogen-bond acceptors (Lipinski definition) is 7. The molecule has 1 aliphatic heterocycles. The summed E-state index contributed by atoms with van der Waals surface area (Å²) in [7, 11) is 1.56. The number of anilines is 2. The Kier molecular flexibility index (Phi) is 5.67. The van der Waals surface area contributed by atoms with Gasteiger partial charge in [0.05, 0.1) is 0 Å². The van der Waals surface area contributed by atoms with Crippen molar-refractivity contribution in [2.24, 2.45) is 18.2 Å². The van der Waals surface area contributed by atoms with Crippen LogP contribution < -0.4 is 21.9 Å². The SMILES string of the molecule is Cn1c(N2CCC3(CCC[C@H]3N)CC2)nc(N)c(Sc2cccnc2C(F)(F)F)c1=O. The molecule has 1 saturated carbocycles. The largest absolute Gasteiger partial charge is 0.434 e. The Labute approximate surface area is 182 Å². The highest BCUT2D eigenvalue weighted by Gasteiger charge is 2.43. The van der Waals surface area contributed by atoms with E-state index in [0.29, 0.717) is 30.8 Å². The van der Waals surface area contributed by atoms with Crippen molar-refractivity contribution >= 4 is 23.5 Å². The highest BCUT2D eigenvalue weighted by Crippen LogP contribution is 2.46. The first-order chi connectivity index (χ1) is 14.6. The van der Waals surface area contributed by atoms with Crippen LogP contribution in [-0.4, -0.2) is 33.7 Å². The molecule has 1 atom stereocenters. The van der Waals surface area contributed by atoms with Crippen LogP contribution in [0.2, 0.25) is 0 Å². The maximum absolute atomic E-state index is 13.3. The predicted octanol–water partition coefficient (Wildman–Crippen LogP) is 3.03. The Morgan fingerprint density at radius 2 is 1.97 bits per heavy atom. The van der Waals surface area contributed by atoms with E-state index in [1.54, 1.807) is 7.05 Å². The third-order valence-corrected chi connectivity index (χ3v) is 7.66. The molecule has 1 spiro atoms. The maximum Gasteiger partial charge on any atom is 0.434 e. The molecule has 0 unspecified atom stereocenters. The summed E-state index contributed by atoms with van der Waals surface area (Å²) in [6.45, 7) is 1.42. The predicted molar refractivity (Wildman–Crippen MR) is 113 cm³/mol. The summed E-state index contributed by atoms with van der Waals surface area (Å²) in [5.74, 6) is 0.341. The van der Waals surface area contributed by atoms with Gasteiger partial charge in [-0.3, -0.25) is 14.3 Å². The van der Waals surface area contributed by atoms with Gasteiger partial charge in [-0.1, -0.05) is 18.2 Å². The van der Waals surface area contributed by atoms with Gasteiger partial charge in [-0.15, -0.1) is 0 Å². The fraction of sp³-hybridized carbons (Fsp3) is 0.550. The summed E-state index contributed by atoms with van der Waals surface area (Å²) in [5, 5.41) is 0. The van der Waals surface area contributed by atoms with Crippen molar-refractivity contribution in [2.75, 3.05) is 23.7 Å². The second-order valence-corrected chi connectivity index (χ2v) is 9.34. The van der Waals surface area contributed by atoms with Gasteiger partial charge in [0.15, 0.2) is 5.69 Å². The van der Waals surface area contributed by atoms with Gasteiger partial charge < -0.3 is 16.4 Å². The number of halogens is 3. The molecule has 168 valence electrons. The van der Waals surface area contributed by atoms with Gasteiger partial charge in [0.2, 0.25) is 5.95 Å². The summed E-state index contributed by atoms with van der Waals surface area (Å²) in [4.78, 5) is 22.6. The Morgan fingerprint density at radius 3 is 2.58 bits per heavy atom. The number of nitrogens with two attached hydrogens (primary N) is 2. The molecule has 11 heteroatoms. The van der Waals surface area contributed by atoms with Gasteiger partial charge in [-0.25, -0.2) is 0 Å². The number of rotatable bonds is 3. The van der Waals surface area contributed by atoms with Crippen molar-refractivity contribution in [2.45, 2.75) is 54.1 Å². The number of piperidine rings is 1. The lowest BCUT2D eigenvalue weighted by molar-refractivity contribution is -0.143. The van der Waals surface area contributed by atoms with Gasteiger partial charge >= 0.3 is 6.18 Å². The first-order valence-electron chi connectivity index (χ1n) is 10.2. The van der Waals surface area contributed by atoms with Gasteiger partial charge in [0, 0.05) is 37.3 Å². The maximum atomic E-state index is 13.3. The zero-order valence-corrected chi connectivity index (χ0v) is 18.0. The molecule has 31 heavy (non-hydrogen) atoms. The lowest BCUT2D eigenvalue weighted by atomic mass is 9.74. The number of hydrogen-bond donors (Lipinski definition) is 2. The molecule has 2 fully saturated rings. The second kappa shape index (κ2) is 8.01. The van der Waals surface area contributed by atoms with Crippen molar-refractivity contribution in [1.29, 1.82) is 0 Å². The molecule has 4 N–H and O–H groups in total. The van der Waals surface area contributed by atoms with Crippen LogP contribution in [0.1, 0.15) is 37.8 Å². The fourth-order valence-corrected chi connectivity index (χ4v) is 5.71. The number of nitrogen functional groups attached to an aromatic ring is 1. The highest BCUT2D eigenvalue weighted by molar-refractivity contribution is 7.99. The van der Waals surface area contributed by atoms with Crippen LogP contribution in [0.25, 0.3) is 0 Å². The highest BCUT2D eigenvalue weighted by atomic mass is 32.2. The normalized spacial score (nSPS) is 21.1. The average Bonchev–Trinajstić information content (AvgIpc) is 3.08. The van der Waals surface area contributed by atoms with Crippen molar-refractivity contribution in [3.05, 3.63) is 34.4 Å². The second-order valence-electron chi connectivity index (χ2n) is 8.29. The number of nitrogens with zero attached hydrogens (tertiary/aromatic N) is 4. The van der Waals surface area contributed by atoms with E-state index in [1.807, 2.05) is 4.90 Å². The molecule has 2 aromatic rings. The Hall–Kier alpha value is -2.27.